The number of amides is 2. The normalized spacial score (nSPS) is 18.6. The lowest BCUT2D eigenvalue weighted by molar-refractivity contribution is -0.153. The van der Waals surface area contributed by atoms with E-state index in [-0.39, 0.29) is 30.7 Å². The molecule has 0 bridgehead atoms. The number of carbonyl (C=O) groups excluding carboxylic acids is 3. The molecule has 36 heavy (non-hydrogen) atoms. The molecule has 2 fully saturated rings. The van der Waals surface area contributed by atoms with Gasteiger partial charge in [0.15, 0.2) is 0 Å². The van der Waals surface area contributed by atoms with Crippen LogP contribution in [0.5, 0.6) is 0 Å². The summed E-state index contributed by atoms with van der Waals surface area (Å²) in [5.41, 5.74) is 1.68. The minimum absolute atomic E-state index is 0.114. The molecule has 1 saturated heterocycles. The van der Waals surface area contributed by atoms with Crippen LogP contribution in [0.25, 0.3) is 11.5 Å². The maximum atomic E-state index is 13.1. The monoisotopic (exact) mass is 487 g/mol. The highest BCUT2D eigenvalue weighted by atomic mass is 16.6. The van der Waals surface area contributed by atoms with Gasteiger partial charge in [0.05, 0.1) is 30.1 Å². The second-order valence-electron chi connectivity index (χ2n) is 9.46. The molecule has 1 aliphatic carbocycles. The Morgan fingerprint density at radius 2 is 1.75 bits per heavy atom. The molecular weight excluding hydrogens is 458 g/mol. The molecule has 1 spiro atoms. The molecule has 186 valence electrons. The van der Waals surface area contributed by atoms with Crippen molar-refractivity contribution in [3.8, 4) is 11.5 Å². The first kappa shape index (κ1) is 23.8. The summed E-state index contributed by atoms with van der Waals surface area (Å²) >= 11 is 0. The molecular formula is C28H29N3O5. The Bertz CT molecular complexity index is 1280. The summed E-state index contributed by atoms with van der Waals surface area (Å²) in [4.78, 5) is 42.4. The van der Waals surface area contributed by atoms with E-state index in [4.69, 9.17) is 9.15 Å². The summed E-state index contributed by atoms with van der Waals surface area (Å²) < 4.78 is 11.6. The van der Waals surface area contributed by atoms with Gasteiger partial charge >= 0.3 is 5.97 Å². The lowest BCUT2D eigenvalue weighted by Crippen LogP contribution is -2.45. The molecule has 1 saturated carbocycles. The first-order valence-electron chi connectivity index (χ1n) is 12.4. The summed E-state index contributed by atoms with van der Waals surface area (Å²) in [5, 5.41) is 5.87. The Hall–Kier alpha value is -3.94. The smallest absolute Gasteiger partial charge is 0.307 e. The molecule has 5 rings (SSSR count). The third kappa shape index (κ3) is 4.76. The van der Waals surface area contributed by atoms with Crippen LogP contribution in [0.3, 0.4) is 0 Å². The van der Waals surface area contributed by atoms with E-state index in [1.807, 2.05) is 36.4 Å². The van der Waals surface area contributed by atoms with Crippen LogP contribution in [0, 0.1) is 12.8 Å². The fourth-order valence-electron chi connectivity index (χ4n) is 5.19. The highest BCUT2D eigenvalue weighted by Crippen LogP contribution is 2.44. The van der Waals surface area contributed by atoms with Gasteiger partial charge < -0.3 is 19.8 Å². The highest BCUT2D eigenvalue weighted by Gasteiger charge is 2.52. The molecule has 2 amide bonds. The van der Waals surface area contributed by atoms with Gasteiger partial charge in [-0.2, -0.15) is 0 Å². The Morgan fingerprint density at radius 3 is 2.53 bits per heavy atom. The van der Waals surface area contributed by atoms with E-state index in [1.165, 1.54) is 0 Å². The quantitative estimate of drug-likeness (QED) is 0.484. The standard InChI is InChI=1S/C28H29N3O5/c1-18-23(17-29-26(34)21-16-24(32)36-28(21)14-8-3-9-15-28)31-27(35-18)20-12-6-7-13-22(20)30-25(33)19-10-4-2-5-11-19/h2,4-7,10-13,21H,3,8-9,14-17H2,1H3,(H,29,34)(H,30,33). The number of hydrogen-bond acceptors (Lipinski definition) is 6. The van der Waals surface area contributed by atoms with Crippen molar-refractivity contribution in [2.45, 2.75) is 57.6 Å². The number of nitrogens with one attached hydrogen (secondary N) is 2. The van der Waals surface area contributed by atoms with Crippen molar-refractivity contribution < 1.29 is 23.5 Å². The topological polar surface area (TPSA) is 111 Å². The van der Waals surface area contributed by atoms with E-state index < -0.39 is 11.5 Å². The van der Waals surface area contributed by atoms with Crippen molar-refractivity contribution in [2.24, 2.45) is 5.92 Å². The molecule has 1 unspecified atom stereocenters. The summed E-state index contributed by atoms with van der Waals surface area (Å²) in [6.07, 6.45) is 4.60. The van der Waals surface area contributed by atoms with Gasteiger partial charge in [-0.15, -0.1) is 0 Å². The zero-order valence-electron chi connectivity index (χ0n) is 20.2. The molecule has 8 nitrogen and oxygen atoms in total. The molecule has 2 heterocycles. The zero-order valence-corrected chi connectivity index (χ0v) is 20.2. The molecule has 2 N–H and O–H groups in total. The number of aryl methyl sites for hydroxylation is 1. The van der Waals surface area contributed by atoms with Gasteiger partial charge in [0.2, 0.25) is 11.8 Å². The number of anilines is 1. The largest absolute Gasteiger partial charge is 0.458 e. The molecule has 2 aliphatic rings. The van der Waals surface area contributed by atoms with Crippen LogP contribution in [0.2, 0.25) is 0 Å². The second kappa shape index (κ2) is 9.97. The third-order valence-electron chi connectivity index (χ3n) is 7.10. The number of ether oxygens (including phenoxy) is 1. The van der Waals surface area contributed by atoms with Crippen LogP contribution in [-0.4, -0.2) is 28.4 Å². The fraction of sp³-hybridized carbons (Fsp3) is 0.357. The van der Waals surface area contributed by atoms with Gasteiger partial charge in [-0.05, 0) is 56.9 Å². The Labute approximate surface area is 209 Å². The molecule has 0 radical (unpaired) electrons. The summed E-state index contributed by atoms with van der Waals surface area (Å²) in [7, 11) is 0. The van der Waals surface area contributed by atoms with Gasteiger partial charge in [-0.1, -0.05) is 36.8 Å². The molecule has 3 aromatic rings. The second-order valence-corrected chi connectivity index (χ2v) is 9.46. The van der Waals surface area contributed by atoms with E-state index in [1.54, 1.807) is 25.1 Å². The first-order chi connectivity index (χ1) is 17.4. The average Bonchev–Trinajstić information content (AvgIpc) is 3.42. The Kier molecular flexibility index (Phi) is 6.59. The van der Waals surface area contributed by atoms with Crippen LogP contribution in [0.4, 0.5) is 5.69 Å². The minimum Gasteiger partial charge on any atom is -0.458 e. The van der Waals surface area contributed by atoms with Crippen molar-refractivity contribution in [3.05, 3.63) is 71.6 Å². The number of oxazole rings is 1. The van der Waals surface area contributed by atoms with Crippen molar-refractivity contribution in [3.63, 3.8) is 0 Å². The van der Waals surface area contributed by atoms with Gasteiger partial charge in [-0.25, -0.2) is 4.98 Å². The van der Waals surface area contributed by atoms with E-state index in [0.717, 1.165) is 32.1 Å². The molecule has 8 heteroatoms. The lowest BCUT2D eigenvalue weighted by atomic mass is 9.75. The number of nitrogens with zero attached hydrogens (tertiary/aromatic N) is 1. The van der Waals surface area contributed by atoms with E-state index >= 15 is 0 Å². The molecule has 1 aromatic heterocycles. The van der Waals surface area contributed by atoms with Crippen molar-refractivity contribution >= 4 is 23.5 Å². The van der Waals surface area contributed by atoms with Gasteiger partial charge in [0, 0.05) is 5.56 Å². The minimum atomic E-state index is -0.667. The van der Waals surface area contributed by atoms with Gasteiger partial charge in [0.1, 0.15) is 17.1 Å². The molecule has 1 atom stereocenters. The number of benzene rings is 2. The Balaban J connectivity index is 1.30. The van der Waals surface area contributed by atoms with E-state index in [2.05, 4.69) is 15.6 Å². The number of rotatable bonds is 6. The maximum absolute atomic E-state index is 13.1. The van der Waals surface area contributed by atoms with Crippen LogP contribution < -0.4 is 10.6 Å². The van der Waals surface area contributed by atoms with Crippen molar-refractivity contribution in [1.29, 1.82) is 0 Å². The van der Waals surface area contributed by atoms with Gasteiger partial charge in [0.25, 0.3) is 5.91 Å². The molecule has 2 aromatic carbocycles. The number of para-hydroxylation sites is 1. The zero-order chi connectivity index (χ0) is 25.1. The average molecular weight is 488 g/mol. The van der Waals surface area contributed by atoms with Gasteiger partial charge in [-0.3, -0.25) is 14.4 Å². The third-order valence-corrected chi connectivity index (χ3v) is 7.10. The van der Waals surface area contributed by atoms with Crippen molar-refractivity contribution in [2.75, 3.05) is 5.32 Å². The molecule has 1 aliphatic heterocycles. The van der Waals surface area contributed by atoms with Crippen LogP contribution in [-0.2, 0) is 20.9 Å². The van der Waals surface area contributed by atoms with Crippen LogP contribution in [0.1, 0.15) is 60.3 Å². The number of aromatic nitrogens is 1. The predicted octanol–water partition coefficient (Wildman–Crippen LogP) is 4.78. The maximum Gasteiger partial charge on any atom is 0.307 e. The van der Waals surface area contributed by atoms with Crippen LogP contribution >= 0.6 is 0 Å². The van der Waals surface area contributed by atoms with Crippen molar-refractivity contribution in [1.82, 2.24) is 10.3 Å². The first-order valence-corrected chi connectivity index (χ1v) is 12.4. The number of carbonyl (C=O) groups is 3. The summed E-state index contributed by atoms with van der Waals surface area (Å²) in [6, 6.07) is 16.2. The van der Waals surface area contributed by atoms with Crippen LogP contribution in [0.15, 0.2) is 59.0 Å². The predicted molar refractivity (Wildman–Crippen MR) is 133 cm³/mol. The highest BCUT2D eigenvalue weighted by molar-refractivity contribution is 6.06. The fourth-order valence-corrected chi connectivity index (χ4v) is 5.19. The Morgan fingerprint density at radius 1 is 1.03 bits per heavy atom. The number of hydrogen-bond donors (Lipinski definition) is 2. The number of esters is 1. The SMILES string of the molecule is Cc1oc(-c2ccccc2NC(=O)c2ccccc2)nc1CNC(=O)C1CC(=O)OC12CCCCC2. The summed E-state index contributed by atoms with van der Waals surface area (Å²) in [5.74, 6) is -0.285. The summed E-state index contributed by atoms with van der Waals surface area (Å²) in [6.45, 7) is 1.96. The lowest BCUT2D eigenvalue weighted by Gasteiger charge is -2.35. The van der Waals surface area contributed by atoms with E-state index in [0.29, 0.717) is 34.2 Å². The van der Waals surface area contributed by atoms with E-state index in [9.17, 15) is 14.4 Å².